The third-order valence-electron chi connectivity index (χ3n) is 13.1. The topological polar surface area (TPSA) is 264 Å². The summed E-state index contributed by atoms with van der Waals surface area (Å²) in [5, 5.41) is 10.7. The van der Waals surface area contributed by atoms with Gasteiger partial charge in [-0.25, -0.2) is 19.2 Å². The van der Waals surface area contributed by atoms with E-state index in [1.807, 2.05) is 24.3 Å². The zero-order valence-electron chi connectivity index (χ0n) is 52.3. The van der Waals surface area contributed by atoms with Gasteiger partial charge in [-0.2, -0.15) is 0 Å². The van der Waals surface area contributed by atoms with Gasteiger partial charge in [0, 0.05) is 136 Å². The van der Waals surface area contributed by atoms with E-state index in [2.05, 4.69) is 47.3 Å². The second-order valence-corrected chi connectivity index (χ2v) is 31.2. The molecule has 0 aliphatic heterocycles. The number of hydrogen-bond donors (Lipinski definition) is 4. The van der Waals surface area contributed by atoms with Gasteiger partial charge < -0.3 is 93.3 Å². The molecule has 2 unspecified atom stereocenters. The monoisotopic (exact) mass is 1280 g/mol. The van der Waals surface area contributed by atoms with Gasteiger partial charge in [0.2, 0.25) is 0 Å². The maximum absolute atomic E-state index is 11.8. The Kier molecular flexibility index (Phi) is 59.1. The predicted octanol–water partition coefficient (Wildman–Crippen LogP) is 10.6. The summed E-state index contributed by atoms with van der Waals surface area (Å²) in [6, 6.07) is 2.37. The van der Waals surface area contributed by atoms with Gasteiger partial charge in [0.1, 0.15) is 26.4 Å². The van der Waals surface area contributed by atoms with Crippen molar-refractivity contribution in [2.45, 2.75) is 143 Å². The van der Waals surface area contributed by atoms with Crippen LogP contribution in [0.2, 0.25) is 24.2 Å². The molecule has 0 heterocycles. The molecule has 28 heteroatoms. The van der Waals surface area contributed by atoms with Crippen molar-refractivity contribution in [3.8, 4) is 0 Å². The van der Waals surface area contributed by atoms with Crippen LogP contribution in [0.1, 0.15) is 119 Å². The highest BCUT2D eigenvalue weighted by atomic mass is 28.4. The third-order valence-corrected chi connectivity index (χ3v) is 24.5. The molecule has 0 spiro atoms. The van der Waals surface area contributed by atoms with E-state index in [9.17, 15) is 19.2 Å². The fourth-order valence-electron chi connectivity index (χ4n) is 7.87. The lowest BCUT2D eigenvalue weighted by molar-refractivity contribution is 0.122. The minimum absolute atomic E-state index is 0. The van der Waals surface area contributed by atoms with Crippen molar-refractivity contribution < 1.29 is 91.2 Å². The predicted molar refractivity (Wildman–Crippen MR) is 337 cm³/mol. The molecule has 84 heavy (non-hydrogen) atoms. The molecule has 2 atom stereocenters. The minimum atomic E-state index is -2.63. The SMILES string of the molecule is C.C.CC1CC/C=C\CCC1.CO[Si](CCCNC(=O)OC/C=C/COC(=O)NCCC[Si](OC)(OC)OC)(OC)OC.CO[Si](CCCNC(=O)OCC=CCCCC(C)CCC=CCOC(=O)NCCC[Si](OC)(OC)OC)(OC)OC. The van der Waals surface area contributed by atoms with Crippen molar-refractivity contribution in [1.82, 2.24) is 21.3 Å². The normalized spacial score (nSPS) is 14.5. The quantitative estimate of drug-likeness (QED) is 0.0191. The highest BCUT2D eigenvalue weighted by molar-refractivity contribution is 6.61. The van der Waals surface area contributed by atoms with Crippen LogP contribution < -0.4 is 21.3 Å². The maximum Gasteiger partial charge on any atom is 0.500 e. The van der Waals surface area contributed by atoms with E-state index in [1.54, 1.807) is 97.5 Å². The number of carbonyl (C=O) groups excluding carboxylic acids is 4. The van der Waals surface area contributed by atoms with Crippen LogP contribution in [-0.2, 0) is 72.1 Å². The number of allylic oxidation sites excluding steroid dienone is 4. The highest BCUT2D eigenvalue weighted by Crippen LogP contribution is 2.19. The van der Waals surface area contributed by atoms with Crippen molar-refractivity contribution >= 4 is 59.6 Å². The van der Waals surface area contributed by atoms with E-state index in [0.29, 0.717) is 82.0 Å². The first-order valence-corrected chi connectivity index (χ1v) is 36.1. The minimum Gasteiger partial charge on any atom is -0.445 e. The Morgan fingerprint density at radius 2 is 0.702 bits per heavy atom. The molecular weight excluding hydrogens is 1160 g/mol. The summed E-state index contributed by atoms with van der Waals surface area (Å²) in [6.07, 6.45) is 28.3. The van der Waals surface area contributed by atoms with E-state index >= 15 is 0 Å². The summed E-state index contributed by atoms with van der Waals surface area (Å²) in [5.74, 6) is 1.56. The lowest BCUT2D eigenvalue weighted by Crippen LogP contribution is -2.43. The number of carbonyl (C=O) groups is 4. The Bertz CT molecular complexity index is 1630. The lowest BCUT2D eigenvalue weighted by Gasteiger charge is -2.24. The first-order valence-electron chi connectivity index (χ1n) is 28.4. The molecule has 1 aliphatic rings. The van der Waals surface area contributed by atoms with Gasteiger partial charge in [-0.05, 0) is 101 Å². The van der Waals surface area contributed by atoms with Crippen molar-refractivity contribution in [2.24, 2.45) is 11.8 Å². The van der Waals surface area contributed by atoms with Gasteiger partial charge in [0.25, 0.3) is 0 Å². The van der Waals surface area contributed by atoms with Gasteiger partial charge in [-0.3, -0.25) is 0 Å². The molecule has 24 nitrogen and oxygen atoms in total. The number of unbranched alkanes of at least 4 members (excludes halogenated alkanes) is 1. The molecule has 4 N–H and O–H groups in total. The summed E-state index contributed by atoms with van der Waals surface area (Å²) >= 11 is 0. The molecule has 0 radical (unpaired) electrons. The van der Waals surface area contributed by atoms with Crippen LogP contribution >= 0.6 is 0 Å². The smallest absolute Gasteiger partial charge is 0.445 e. The molecule has 0 saturated carbocycles. The second-order valence-electron chi connectivity index (χ2n) is 18.8. The van der Waals surface area contributed by atoms with E-state index in [1.165, 1.54) is 32.1 Å². The van der Waals surface area contributed by atoms with Gasteiger partial charge in [-0.1, -0.05) is 78.0 Å². The van der Waals surface area contributed by atoms with Crippen LogP contribution in [0.3, 0.4) is 0 Å². The summed E-state index contributed by atoms with van der Waals surface area (Å²) in [7, 11) is 8.19. The Balaban J connectivity index is -0.000000659. The number of nitrogens with one attached hydrogen (secondary N) is 4. The molecule has 0 aromatic heterocycles. The number of ether oxygens (including phenoxy) is 4. The lowest BCUT2D eigenvalue weighted by atomic mass is 9.96. The first-order chi connectivity index (χ1) is 39.5. The summed E-state index contributed by atoms with van der Waals surface area (Å²) in [6.45, 7) is 6.94. The molecule has 0 aromatic rings. The molecule has 0 fully saturated rings. The van der Waals surface area contributed by atoms with Gasteiger partial charge in [-0.15, -0.1) is 0 Å². The largest absolute Gasteiger partial charge is 0.500 e. The zero-order chi connectivity index (χ0) is 61.6. The van der Waals surface area contributed by atoms with E-state index < -0.39 is 59.6 Å². The fourth-order valence-corrected chi connectivity index (χ4v) is 14.8. The van der Waals surface area contributed by atoms with Crippen molar-refractivity contribution in [3.63, 3.8) is 0 Å². The molecule has 1 rings (SSSR count). The van der Waals surface area contributed by atoms with Gasteiger partial charge in [0.15, 0.2) is 0 Å². The van der Waals surface area contributed by atoms with E-state index in [4.69, 9.17) is 72.1 Å². The average Bonchev–Trinajstić information content (AvgIpc) is 3.56. The summed E-state index contributed by atoms with van der Waals surface area (Å²) in [5.41, 5.74) is 0. The molecule has 1 aliphatic carbocycles. The van der Waals surface area contributed by atoms with E-state index in [0.717, 1.165) is 38.0 Å². The van der Waals surface area contributed by atoms with Crippen LogP contribution in [0.5, 0.6) is 0 Å². The molecule has 0 saturated heterocycles. The number of alkyl carbamates (subject to hydrolysis) is 4. The average molecular weight is 1280 g/mol. The van der Waals surface area contributed by atoms with Crippen molar-refractivity contribution in [3.05, 3.63) is 48.6 Å². The van der Waals surface area contributed by atoms with Crippen molar-refractivity contribution in [2.75, 3.05) is 138 Å². The summed E-state index contributed by atoms with van der Waals surface area (Å²) in [4.78, 5) is 46.8. The van der Waals surface area contributed by atoms with Gasteiger partial charge >= 0.3 is 59.6 Å². The van der Waals surface area contributed by atoms with Crippen LogP contribution in [0.25, 0.3) is 0 Å². The Hall–Kier alpha value is -3.57. The van der Waals surface area contributed by atoms with Gasteiger partial charge in [0.05, 0.1) is 0 Å². The Labute approximate surface area is 511 Å². The first kappa shape index (κ1) is 86.9. The standard InChI is InChI=1S/C27H54N2O10Si2.C18H38N2O10Si2.C9H16.2CH4/c1-25(18-12-10-14-22-39-27(31)29-20-16-24-41(35-5,36-6)37-7)17-11-8-9-13-21-38-26(30)28-19-15-23-40(32-2,33-3)34-4;1-23-31(24-2,25-3)15-9-11-19-17(21)29-13-7-8-14-30-18(22)20-12-10-16-32(26-4,27-5)28-6;1-9-7-5-3-2-4-6-8-9;;/h9-10,13-14,25H,8,11-12,15-24H2,1-7H3,(H,28,30)(H,29,31);7-8H,9-16H2,1-6H3,(H,19,21)(H,20,22);2-3,9H,4-8H2,1H3;2*1H4/b;8-7+;3-2-;;. The third kappa shape index (κ3) is 44.8. The van der Waals surface area contributed by atoms with E-state index in [-0.39, 0.29) is 41.3 Å². The second kappa shape index (κ2) is 57.2. The molecule has 0 bridgehead atoms. The molecule has 496 valence electrons. The summed E-state index contributed by atoms with van der Waals surface area (Å²) < 4.78 is 84.3. The molecular formula is C56H116N4O20Si4. The van der Waals surface area contributed by atoms with Crippen molar-refractivity contribution in [1.29, 1.82) is 0 Å². The zero-order valence-corrected chi connectivity index (χ0v) is 56.3. The van der Waals surface area contributed by atoms with Crippen LogP contribution in [0.15, 0.2) is 48.6 Å². The molecule has 0 aromatic carbocycles. The number of rotatable bonds is 43. The molecule has 4 amide bonds. The van der Waals surface area contributed by atoms with Crippen LogP contribution in [0.4, 0.5) is 19.2 Å². The number of amides is 4. The number of hydrogen-bond acceptors (Lipinski definition) is 20. The maximum atomic E-state index is 11.8. The Morgan fingerprint density at radius 3 is 1.01 bits per heavy atom. The Morgan fingerprint density at radius 1 is 0.417 bits per heavy atom. The fraction of sp³-hybridized carbons (Fsp3) is 0.786. The van der Waals surface area contributed by atoms with Crippen LogP contribution in [0, 0.1) is 11.8 Å². The van der Waals surface area contributed by atoms with Crippen LogP contribution in [-0.4, -0.2) is 198 Å². The highest BCUT2D eigenvalue weighted by Gasteiger charge is 2.39.